The van der Waals surface area contributed by atoms with E-state index in [0.717, 1.165) is 6.92 Å². The van der Waals surface area contributed by atoms with E-state index in [9.17, 15) is 44.4 Å². The molecule has 2 fully saturated rings. The van der Waals surface area contributed by atoms with Crippen LogP contribution in [-0.4, -0.2) is 119 Å². The van der Waals surface area contributed by atoms with Gasteiger partial charge in [0.1, 0.15) is 31.0 Å². The second-order valence-electron chi connectivity index (χ2n) is 19.2. The van der Waals surface area contributed by atoms with Crippen LogP contribution in [0.25, 0.3) is 0 Å². The number of carbonyl (C=O) groups is 6. The molecule has 2 bridgehead atoms. The zero-order chi connectivity index (χ0) is 50.2. The molecule has 66 heavy (non-hydrogen) atoms. The molecule has 4 aliphatic carbocycles. The maximum atomic E-state index is 15.6. The minimum absolute atomic E-state index is 0.0186. The predicted molar refractivity (Wildman–Crippen MR) is 242 cm³/mol. The molecular formula is C44H58Cl6O16. The predicted octanol–water partition coefficient (Wildman–Crippen LogP) is 7.52. The number of rotatable bonds is 13. The zero-order valence-corrected chi connectivity index (χ0v) is 42.3. The molecule has 0 saturated heterocycles. The van der Waals surface area contributed by atoms with Crippen molar-refractivity contribution in [3.05, 3.63) is 35.6 Å². The highest BCUT2D eigenvalue weighted by molar-refractivity contribution is 6.68. The summed E-state index contributed by atoms with van der Waals surface area (Å²) in [5, 5.41) is 48.0. The van der Waals surface area contributed by atoms with Gasteiger partial charge in [-0.1, -0.05) is 115 Å². The largest absolute Gasteiger partial charge is 0.514 e. The van der Waals surface area contributed by atoms with Gasteiger partial charge in [0.05, 0.1) is 30.1 Å². The van der Waals surface area contributed by atoms with Crippen LogP contribution in [0.4, 0.5) is 9.59 Å². The van der Waals surface area contributed by atoms with Gasteiger partial charge in [0, 0.05) is 37.5 Å². The molecule has 2 saturated carbocycles. The molecule has 4 rings (SSSR count). The molecule has 372 valence electrons. The summed E-state index contributed by atoms with van der Waals surface area (Å²) in [5.74, 6) is -9.98. The van der Waals surface area contributed by atoms with Crippen LogP contribution in [0.15, 0.2) is 35.6 Å². The average molecular weight is 1060 g/mol. The van der Waals surface area contributed by atoms with Crippen molar-refractivity contribution in [2.24, 2.45) is 40.4 Å². The van der Waals surface area contributed by atoms with E-state index in [1.54, 1.807) is 52.8 Å². The normalized spacial score (nSPS) is 34.4. The fraction of sp³-hybridized carbons (Fsp3) is 0.727. The molecule has 22 heteroatoms. The lowest BCUT2D eigenvalue weighted by Gasteiger charge is -2.60. The van der Waals surface area contributed by atoms with Gasteiger partial charge in [0.2, 0.25) is 13.4 Å². The molecule has 0 amide bonds. The maximum absolute atomic E-state index is 15.6. The molecule has 0 heterocycles. The number of ether oxygens (including phenoxy) is 6. The number of halogens is 6. The molecule has 12 atom stereocenters. The van der Waals surface area contributed by atoms with Gasteiger partial charge >= 0.3 is 24.2 Å². The first-order valence-corrected chi connectivity index (χ1v) is 23.5. The van der Waals surface area contributed by atoms with Gasteiger partial charge in [-0.15, -0.1) is 0 Å². The van der Waals surface area contributed by atoms with Crippen LogP contribution < -0.4 is 0 Å². The Labute approximate surface area is 413 Å². The Balaban J connectivity index is 1.93. The summed E-state index contributed by atoms with van der Waals surface area (Å²) in [6.07, 6.45) is -3.24. The Morgan fingerprint density at radius 3 is 2.03 bits per heavy atom. The molecule has 0 aromatic heterocycles. The summed E-state index contributed by atoms with van der Waals surface area (Å²) >= 11 is 34.8. The van der Waals surface area contributed by atoms with Gasteiger partial charge in [0.15, 0.2) is 17.1 Å². The topological polar surface area (TPSA) is 239 Å². The number of ketones is 2. The van der Waals surface area contributed by atoms with Crippen molar-refractivity contribution in [3.63, 3.8) is 0 Å². The Morgan fingerprint density at radius 1 is 0.924 bits per heavy atom. The first-order valence-electron chi connectivity index (χ1n) is 21.2. The Kier molecular flexibility index (Phi) is 17.8. The lowest BCUT2D eigenvalue weighted by Crippen LogP contribution is -2.71. The van der Waals surface area contributed by atoms with Gasteiger partial charge in [0.25, 0.3) is 0 Å². The summed E-state index contributed by atoms with van der Waals surface area (Å²) in [6.45, 7) is 9.38. The fourth-order valence-electron chi connectivity index (χ4n) is 10.1. The second kappa shape index (κ2) is 20.9. The van der Waals surface area contributed by atoms with Crippen molar-refractivity contribution in [2.45, 2.75) is 137 Å². The number of alkyl halides is 6. The summed E-state index contributed by atoms with van der Waals surface area (Å²) in [4.78, 5) is 83.0. The number of carbonyl (C=O) groups excluding carboxylic acids is 6. The number of allylic oxidation sites excluding steroid dienone is 5. The van der Waals surface area contributed by atoms with E-state index in [0.29, 0.717) is 6.42 Å². The minimum atomic E-state index is -2.40. The van der Waals surface area contributed by atoms with E-state index >= 15 is 4.79 Å². The van der Waals surface area contributed by atoms with E-state index < -0.39 is 164 Å². The lowest BCUT2D eigenvalue weighted by molar-refractivity contribution is -0.254. The van der Waals surface area contributed by atoms with Crippen molar-refractivity contribution in [3.8, 4) is 0 Å². The number of Topliss-reactive ketones (excluding diaryl/α,β-unsaturated/α-hetero) is 2. The highest BCUT2D eigenvalue weighted by atomic mass is 35.6. The number of aliphatic hydroxyl groups is 4. The van der Waals surface area contributed by atoms with Crippen molar-refractivity contribution in [2.75, 3.05) is 19.8 Å². The zero-order valence-electron chi connectivity index (χ0n) is 37.7. The Bertz CT molecular complexity index is 1970. The maximum Gasteiger partial charge on any atom is 0.514 e. The summed E-state index contributed by atoms with van der Waals surface area (Å²) < 4.78 is 28.5. The van der Waals surface area contributed by atoms with Crippen LogP contribution >= 0.6 is 69.6 Å². The number of fused-ring (bicyclic) bond motifs is 3. The van der Waals surface area contributed by atoms with Gasteiger partial charge < -0.3 is 48.8 Å². The van der Waals surface area contributed by atoms with Gasteiger partial charge in [-0.25, -0.2) is 9.59 Å². The number of hydrogen-bond donors (Lipinski definition) is 4. The molecule has 0 aromatic carbocycles. The van der Waals surface area contributed by atoms with Gasteiger partial charge in [-0.2, -0.15) is 0 Å². The first kappa shape index (κ1) is 56.2. The van der Waals surface area contributed by atoms with Crippen LogP contribution in [0, 0.1) is 40.4 Å². The molecule has 0 radical (unpaired) electrons. The smallest absolute Gasteiger partial charge is 0.460 e. The highest BCUT2D eigenvalue weighted by Gasteiger charge is 2.70. The molecule has 0 spiro atoms. The molecule has 12 unspecified atom stereocenters. The minimum Gasteiger partial charge on any atom is -0.460 e. The van der Waals surface area contributed by atoms with E-state index in [1.165, 1.54) is 13.8 Å². The van der Waals surface area contributed by atoms with E-state index in [1.807, 2.05) is 6.08 Å². The van der Waals surface area contributed by atoms with E-state index in [2.05, 4.69) is 0 Å². The van der Waals surface area contributed by atoms with Crippen LogP contribution in [0.2, 0.25) is 0 Å². The van der Waals surface area contributed by atoms with Crippen LogP contribution in [0.1, 0.15) is 93.9 Å². The third kappa shape index (κ3) is 12.9. The summed E-state index contributed by atoms with van der Waals surface area (Å²) in [7, 11) is 0. The van der Waals surface area contributed by atoms with Crippen molar-refractivity contribution < 1.29 is 77.6 Å². The molecule has 0 aliphatic heterocycles. The molecule has 4 aliphatic rings. The molecule has 4 N–H and O–H groups in total. The van der Waals surface area contributed by atoms with Crippen molar-refractivity contribution >= 4 is 105 Å². The summed E-state index contributed by atoms with van der Waals surface area (Å²) in [6, 6.07) is 0. The standard InChI is InChI=1S/C44H58Cl6O16/c1-22-25(14-27(53)33(56)26(15-31(55)66-38(4,5)6)39(7)12-10-9-11-13-39)17-41(60)18-28-40(8,35(57)34(32(22)23(41)2)64-37(59)62-21-44(48,49)50)30(63-36(58)61-20-43(45,46)47)16-29(54)42(28,19-51)65-24(3)52/h9-12,22-23,25-26,28-30,33,51,54,56,60H,13-21H2,1-8H3/b34-32+. The van der Waals surface area contributed by atoms with Crippen LogP contribution in [-0.2, 0) is 47.6 Å². The van der Waals surface area contributed by atoms with Crippen LogP contribution in [0.3, 0.4) is 0 Å². The number of aliphatic hydroxyl groups excluding tert-OH is 3. The Morgan fingerprint density at radius 2 is 1.52 bits per heavy atom. The van der Waals surface area contributed by atoms with Crippen molar-refractivity contribution in [1.82, 2.24) is 0 Å². The van der Waals surface area contributed by atoms with E-state index in [-0.39, 0.29) is 18.4 Å². The monoisotopic (exact) mass is 1050 g/mol. The molecular weight excluding hydrogens is 997 g/mol. The third-order valence-electron chi connectivity index (χ3n) is 13.4. The Hall–Kier alpha value is -2.38. The van der Waals surface area contributed by atoms with Crippen molar-refractivity contribution in [1.29, 1.82) is 0 Å². The molecule has 0 aromatic rings. The van der Waals surface area contributed by atoms with E-state index in [4.69, 9.17) is 98.0 Å². The quantitative estimate of drug-likeness (QED) is 0.0792. The van der Waals surface area contributed by atoms with Crippen LogP contribution in [0.5, 0.6) is 0 Å². The fourth-order valence-corrected chi connectivity index (χ4v) is 10.4. The highest BCUT2D eigenvalue weighted by Crippen LogP contribution is 2.60. The SMILES string of the molecule is CC(=O)OC1(CO)C(O)CC(OC(=O)OCC(Cl)(Cl)Cl)C2(C)C(=O)/C(OC(=O)OCC(Cl)(Cl)Cl)=C3/C(C)C(CC(=O)C(O)C(CC(=O)OC(C)(C)C)C4(C)C=CC=CC4)CC(O)(CC12)C3C. The first-order chi connectivity index (χ1) is 30.1. The van der Waals surface area contributed by atoms with Gasteiger partial charge in [-0.05, 0) is 69.8 Å². The third-order valence-corrected chi connectivity index (χ3v) is 14.1. The number of hydrogen-bond acceptors (Lipinski definition) is 16. The summed E-state index contributed by atoms with van der Waals surface area (Å²) in [5.41, 5.74) is -8.55. The molecule has 16 nitrogen and oxygen atoms in total. The lowest BCUT2D eigenvalue weighted by atomic mass is 9.48. The average Bonchev–Trinajstić information content (AvgIpc) is 3.18. The second-order valence-corrected chi connectivity index (χ2v) is 24.2. The number of esters is 2. The van der Waals surface area contributed by atoms with Gasteiger partial charge in [-0.3, -0.25) is 19.2 Å².